The number of aliphatic carboxylic acids is 1. The van der Waals surface area contributed by atoms with Gasteiger partial charge in [0.15, 0.2) is 0 Å². The van der Waals surface area contributed by atoms with Crippen LogP contribution in [0.15, 0.2) is 66.7 Å². The Kier molecular flexibility index (Phi) is 6.17. The SMILES string of the molecule is Cc1nsc(-c2ccc(-c3ccc(C4(C(=O)O)CC4)s3)cc2)c1NC(=O)O[C@H](C)c1ccccc1. The van der Waals surface area contributed by atoms with Crippen molar-refractivity contribution in [1.82, 2.24) is 4.37 Å². The molecule has 0 unspecified atom stereocenters. The van der Waals surface area contributed by atoms with E-state index >= 15 is 0 Å². The first-order chi connectivity index (χ1) is 16.9. The van der Waals surface area contributed by atoms with Crippen LogP contribution in [0.2, 0.25) is 0 Å². The van der Waals surface area contributed by atoms with Crippen LogP contribution in [0.3, 0.4) is 0 Å². The molecule has 1 amide bonds. The molecular formula is C27H24N2O4S2. The molecule has 0 aliphatic heterocycles. The average Bonchev–Trinajstić information content (AvgIpc) is 3.40. The van der Waals surface area contributed by atoms with E-state index in [1.54, 1.807) is 11.3 Å². The number of rotatable bonds is 7. The third-order valence-electron chi connectivity index (χ3n) is 6.31. The Labute approximate surface area is 211 Å². The number of ether oxygens (including phenoxy) is 1. The number of amides is 1. The molecule has 1 fully saturated rings. The zero-order chi connectivity index (χ0) is 24.6. The third-order valence-corrected chi connectivity index (χ3v) is 8.64. The summed E-state index contributed by atoms with van der Waals surface area (Å²) in [5.74, 6) is -0.737. The molecule has 2 N–H and O–H groups in total. The van der Waals surface area contributed by atoms with Gasteiger partial charge in [0.25, 0.3) is 0 Å². The maximum Gasteiger partial charge on any atom is 0.412 e. The highest BCUT2D eigenvalue weighted by Gasteiger charge is 2.52. The van der Waals surface area contributed by atoms with Gasteiger partial charge in [0, 0.05) is 9.75 Å². The van der Waals surface area contributed by atoms with E-state index in [-0.39, 0.29) is 6.10 Å². The van der Waals surface area contributed by atoms with Crippen molar-refractivity contribution in [1.29, 1.82) is 0 Å². The minimum absolute atomic E-state index is 0.377. The van der Waals surface area contributed by atoms with E-state index in [1.807, 2.05) is 80.6 Å². The molecule has 1 aliphatic rings. The Hall–Kier alpha value is -3.49. The standard InChI is InChI=1S/C27H24N2O4S2/c1-16-23(28-26(32)33-17(2)18-6-4-3-5-7-18)24(35-29-16)20-10-8-19(9-11-20)21-12-13-22(34-21)27(14-15-27)25(30)31/h3-13,17H,14-15H2,1-2H3,(H,28,32)(H,30,31)/t17-/m1/s1. The quantitative estimate of drug-likeness (QED) is 0.276. The van der Waals surface area contributed by atoms with Gasteiger partial charge in [-0.2, -0.15) is 4.37 Å². The van der Waals surface area contributed by atoms with Crippen LogP contribution in [-0.2, 0) is 14.9 Å². The topological polar surface area (TPSA) is 88.5 Å². The summed E-state index contributed by atoms with van der Waals surface area (Å²) in [6.45, 7) is 3.69. The number of aryl methyl sites for hydroxylation is 1. The van der Waals surface area contributed by atoms with Crippen molar-refractivity contribution in [2.45, 2.75) is 38.2 Å². The van der Waals surface area contributed by atoms with Crippen LogP contribution in [0.4, 0.5) is 10.5 Å². The zero-order valence-corrected chi connectivity index (χ0v) is 20.9. The molecule has 0 spiro atoms. The maximum atomic E-state index is 12.6. The van der Waals surface area contributed by atoms with Gasteiger partial charge >= 0.3 is 12.1 Å². The summed E-state index contributed by atoms with van der Waals surface area (Å²) < 4.78 is 10.0. The van der Waals surface area contributed by atoms with E-state index in [1.165, 1.54) is 11.5 Å². The smallest absolute Gasteiger partial charge is 0.412 e. The predicted molar refractivity (Wildman–Crippen MR) is 139 cm³/mol. The molecular weight excluding hydrogens is 480 g/mol. The summed E-state index contributed by atoms with van der Waals surface area (Å²) >= 11 is 2.86. The summed E-state index contributed by atoms with van der Waals surface area (Å²) in [6.07, 6.45) is 0.501. The van der Waals surface area contributed by atoms with Gasteiger partial charge in [-0.05, 0) is 67.0 Å². The van der Waals surface area contributed by atoms with Crippen LogP contribution in [0.25, 0.3) is 20.9 Å². The van der Waals surface area contributed by atoms with Crippen LogP contribution < -0.4 is 5.32 Å². The fourth-order valence-electron chi connectivity index (χ4n) is 4.02. The number of nitrogens with one attached hydrogen (secondary N) is 1. The molecule has 6 nitrogen and oxygen atoms in total. The Balaban J connectivity index is 1.31. The molecule has 4 aromatic rings. The minimum atomic E-state index is -0.737. The van der Waals surface area contributed by atoms with Crippen LogP contribution in [-0.4, -0.2) is 21.5 Å². The number of aromatic nitrogens is 1. The highest BCUT2D eigenvalue weighted by Crippen LogP contribution is 2.51. The number of nitrogens with zero attached hydrogens (tertiary/aromatic N) is 1. The van der Waals surface area contributed by atoms with Crippen LogP contribution in [0.5, 0.6) is 0 Å². The summed E-state index contributed by atoms with van der Waals surface area (Å²) in [5.41, 5.74) is 3.57. The second-order valence-electron chi connectivity index (χ2n) is 8.68. The first-order valence-corrected chi connectivity index (χ1v) is 12.9. The monoisotopic (exact) mass is 504 g/mol. The van der Waals surface area contributed by atoms with Crippen molar-refractivity contribution >= 4 is 40.6 Å². The van der Waals surface area contributed by atoms with E-state index in [0.717, 1.165) is 37.0 Å². The Morgan fingerprint density at radius 2 is 1.71 bits per heavy atom. The molecule has 1 aliphatic carbocycles. The summed E-state index contributed by atoms with van der Waals surface area (Å²) in [7, 11) is 0. The number of hydrogen-bond donors (Lipinski definition) is 2. The van der Waals surface area contributed by atoms with Crippen LogP contribution in [0.1, 0.15) is 42.0 Å². The average molecular weight is 505 g/mol. The lowest BCUT2D eigenvalue weighted by molar-refractivity contribution is -0.139. The second-order valence-corrected chi connectivity index (χ2v) is 10.5. The van der Waals surface area contributed by atoms with E-state index in [4.69, 9.17) is 4.74 Å². The van der Waals surface area contributed by atoms with Gasteiger partial charge in [0.2, 0.25) is 0 Å². The Bertz CT molecular complexity index is 1370. The first kappa shape index (κ1) is 23.3. The van der Waals surface area contributed by atoms with Crippen molar-refractivity contribution < 1.29 is 19.4 Å². The molecule has 8 heteroatoms. The van der Waals surface area contributed by atoms with Gasteiger partial charge < -0.3 is 9.84 Å². The highest BCUT2D eigenvalue weighted by molar-refractivity contribution is 7.15. The largest absolute Gasteiger partial charge is 0.481 e. The zero-order valence-electron chi connectivity index (χ0n) is 19.3. The van der Waals surface area contributed by atoms with Crippen molar-refractivity contribution in [2.75, 3.05) is 5.32 Å². The van der Waals surface area contributed by atoms with E-state index in [0.29, 0.717) is 18.5 Å². The van der Waals surface area contributed by atoms with Gasteiger partial charge in [-0.15, -0.1) is 11.3 Å². The molecule has 1 atom stereocenters. The van der Waals surface area contributed by atoms with E-state index in [2.05, 4.69) is 9.69 Å². The molecule has 2 aromatic heterocycles. The normalized spacial score (nSPS) is 14.8. The van der Waals surface area contributed by atoms with Gasteiger partial charge in [-0.3, -0.25) is 10.1 Å². The summed E-state index contributed by atoms with van der Waals surface area (Å²) in [4.78, 5) is 27.1. The molecule has 0 saturated heterocycles. The maximum absolute atomic E-state index is 12.6. The number of carbonyl (C=O) groups excluding carboxylic acids is 1. The van der Waals surface area contributed by atoms with Crippen molar-refractivity contribution in [3.8, 4) is 20.9 Å². The third kappa shape index (κ3) is 4.59. The number of carbonyl (C=O) groups is 2. The van der Waals surface area contributed by atoms with Crippen molar-refractivity contribution in [2.24, 2.45) is 0 Å². The number of hydrogen-bond acceptors (Lipinski definition) is 6. The molecule has 1 saturated carbocycles. The van der Waals surface area contributed by atoms with Crippen LogP contribution >= 0.6 is 22.9 Å². The van der Waals surface area contributed by atoms with E-state index < -0.39 is 17.5 Å². The number of thiophene rings is 1. The minimum Gasteiger partial charge on any atom is -0.481 e. The molecule has 0 radical (unpaired) electrons. The summed E-state index contributed by atoms with van der Waals surface area (Å²) in [6, 6.07) is 21.5. The van der Waals surface area contributed by atoms with Crippen molar-refractivity contribution in [3.05, 3.63) is 82.9 Å². The van der Waals surface area contributed by atoms with Gasteiger partial charge in [-0.1, -0.05) is 54.6 Å². The molecule has 2 heterocycles. The number of anilines is 1. The van der Waals surface area contributed by atoms with Gasteiger partial charge in [-0.25, -0.2) is 4.79 Å². The lowest BCUT2D eigenvalue weighted by Crippen LogP contribution is -2.17. The fourth-order valence-corrected chi connectivity index (χ4v) is 6.13. The number of carboxylic acids is 1. The summed E-state index contributed by atoms with van der Waals surface area (Å²) in [5, 5.41) is 12.4. The lowest BCUT2D eigenvalue weighted by atomic mass is 10.1. The first-order valence-electron chi connectivity index (χ1n) is 11.3. The van der Waals surface area contributed by atoms with Gasteiger partial charge in [0.1, 0.15) is 11.5 Å². The van der Waals surface area contributed by atoms with E-state index in [9.17, 15) is 14.7 Å². The van der Waals surface area contributed by atoms with Crippen molar-refractivity contribution in [3.63, 3.8) is 0 Å². The Morgan fingerprint density at radius 1 is 1.03 bits per heavy atom. The predicted octanol–water partition coefficient (Wildman–Crippen LogP) is 7.27. The van der Waals surface area contributed by atoms with Crippen LogP contribution in [0, 0.1) is 6.92 Å². The molecule has 0 bridgehead atoms. The lowest BCUT2D eigenvalue weighted by Gasteiger charge is -2.14. The highest BCUT2D eigenvalue weighted by atomic mass is 32.1. The molecule has 35 heavy (non-hydrogen) atoms. The Morgan fingerprint density at radius 3 is 2.37 bits per heavy atom. The number of carboxylic acid groups (broad SMARTS) is 1. The fraction of sp³-hybridized carbons (Fsp3) is 0.222. The molecule has 178 valence electrons. The second kappa shape index (κ2) is 9.28. The number of benzene rings is 2. The molecule has 5 rings (SSSR count). The molecule has 2 aromatic carbocycles. The van der Waals surface area contributed by atoms with Gasteiger partial charge in [0.05, 0.1) is 16.3 Å².